The number of benzene rings is 2. The molecule has 0 spiro atoms. The normalized spacial score (nSPS) is 13.4. The van der Waals surface area contributed by atoms with Gasteiger partial charge in [0.25, 0.3) is 0 Å². The molecular weight excluding hydrogens is 356 g/mol. The summed E-state index contributed by atoms with van der Waals surface area (Å²) in [6, 6.07) is 19.4. The zero-order valence-electron chi connectivity index (χ0n) is 19.7. The summed E-state index contributed by atoms with van der Waals surface area (Å²) in [6.45, 7) is 1.91. The number of furan rings is 1. The Hall–Kier alpha value is -3.46. The van der Waals surface area contributed by atoms with E-state index in [0.717, 1.165) is 50.0 Å². The van der Waals surface area contributed by atoms with Gasteiger partial charge in [-0.25, -0.2) is 9.55 Å². The van der Waals surface area contributed by atoms with Gasteiger partial charge in [-0.2, -0.15) is 0 Å². The largest absolute Gasteiger partial charge is 0.437 e. The van der Waals surface area contributed by atoms with Crippen molar-refractivity contribution in [2.45, 2.75) is 20.7 Å². The first-order chi connectivity index (χ1) is 15.2. The second-order valence-electron chi connectivity index (χ2n) is 7.50. The van der Waals surface area contributed by atoms with Crippen LogP contribution in [0.5, 0.6) is 0 Å². The number of aromatic nitrogens is 2. The molecule has 3 aromatic heterocycles. The molecule has 3 heterocycles. The lowest BCUT2D eigenvalue weighted by atomic mass is 9.94. The van der Waals surface area contributed by atoms with Crippen LogP contribution in [0.15, 0.2) is 71.3 Å². The van der Waals surface area contributed by atoms with Crippen LogP contribution in [0, 0.1) is 20.7 Å². The zero-order valence-corrected chi connectivity index (χ0v) is 16.7. The molecule has 3 nitrogen and oxygen atoms in total. The number of aryl methyl sites for hydroxylation is 4. The molecule has 0 aliphatic carbocycles. The maximum absolute atomic E-state index is 7.66. The Morgan fingerprint density at radius 2 is 1.72 bits per heavy atom. The monoisotopic (exact) mass is 382 g/mol. The van der Waals surface area contributed by atoms with Gasteiger partial charge in [0.15, 0.2) is 11.8 Å². The highest BCUT2D eigenvalue weighted by Gasteiger charge is 2.24. The predicted octanol–water partition coefficient (Wildman–Crippen LogP) is 6.06. The summed E-state index contributed by atoms with van der Waals surface area (Å²) in [5, 5.41) is 2.02. The fourth-order valence-corrected chi connectivity index (χ4v) is 4.01. The molecule has 0 saturated heterocycles. The molecule has 5 rings (SSSR count). The topological polar surface area (TPSA) is 29.9 Å². The minimum absolute atomic E-state index is 0.333. The first-order valence-electron chi connectivity index (χ1n) is 11.1. The summed E-state index contributed by atoms with van der Waals surface area (Å²) in [6.07, 6.45) is 2.01. The molecule has 2 aromatic carbocycles. The van der Waals surface area contributed by atoms with Crippen LogP contribution in [-0.4, -0.2) is 4.98 Å². The standard InChI is InChI=1S/C26H23N2O/c1-16-7-11-19(12-8-16)20-6-5-15-28(4)24(20)23-17(2)9-13-21-22-14-10-18(3)27-26(22)29-25(21)23/h5-15H,1-4H3/q+1/i1D3. The third-order valence-electron chi connectivity index (χ3n) is 5.47. The van der Waals surface area contributed by atoms with Crippen LogP contribution in [0.3, 0.4) is 0 Å². The van der Waals surface area contributed by atoms with Gasteiger partial charge in [-0.15, -0.1) is 0 Å². The number of fused-ring (bicyclic) bond motifs is 3. The highest BCUT2D eigenvalue weighted by atomic mass is 16.3. The van der Waals surface area contributed by atoms with E-state index in [0.29, 0.717) is 11.3 Å². The minimum atomic E-state index is -2.12. The van der Waals surface area contributed by atoms with Crippen molar-refractivity contribution in [2.75, 3.05) is 0 Å². The Kier molecular flexibility index (Phi) is 3.28. The highest BCUT2D eigenvalue weighted by molar-refractivity contribution is 6.09. The van der Waals surface area contributed by atoms with E-state index in [1.807, 2.05) is 44.4 Å². The summed E-state index contributed by atoms with van der Waals surface area (Å²) < 4.78 is 31.4. The lowest BCUT2D eigenvalue weighted by molar-refractivity contribution is -0.659. The Balaban J connectivity index is 1.79. The fourth-order valence-electron chi connectivity index (χ4n) is 4.01. The van der Waals surface area contributed by atoms with E-state index in [9.17, 15) is 0 Å². The molecule has 29 heavy (non-hydrogen) atoms. The van der Waals surface area contributed by atoms with E-state index in [1.54, 1.807) is 12.1 Å². The van der Waals surface area contributed by atoms with E-state index in [-0.39, 0.29) is 0 Å². The summed E-state index contributed by atoms with van der Waals surface area (Å²) in [5.74, 6) is 0. The fraction of sp³-hybridized carbons (Fsp3) is 0.154. The predicted molar refractivity (Wildman–Crippen MR) is 118 cm³/mol. The number of pyridine rings is 2. The molecule has 0 radical (unpaired) electrons. The van der Waals surface area contributed by atoms with Crippen LogP contribution in [0.2, 0.25) is 0 Å². The second-order valence-corrected chi connectivity index (χ2v) is 7.50. The lowest BCUT2D eigenvalue weighted by Gasteiger charge is -2.11. The molecule has 142 valence electrons. The number of hydrogen-bond acceptors (Lipinski definition) is 2. The van der Waals surface area contributed by atoms with Crippen molar-refractivity contribution in [1.82, 2.24) is 4.98 Å². The molecule has 0 aliphatic heterocycles. The van der Waals surface area contributed by atoms with Crippen LogP contribution < -0.4 is 4.57 Å². The van der Waals surface area contributed by atoms with Crippen LogP contribution >= 0.6 is 0 Å². The van der Waals surface area contributed by atoms with Crippen LogP contribution in [0.1, 0.15) is 20.9 Å². The van der Waals surface area contributed by atoms with Crippen molar-refractivity contribution in [1.29, 1.82) is 0 Å². The van der Waals surface area contributed by atoms with Crippen molar-refractivity contribution >= 4 is 22.1 Å². The lowest BCUT2D eigenvalue weighted by Crippen LogP contribution is -2.31. The van der Waals surface area contributed by atoms with Crippen molar-refractivity contribution in [3.63, 3.8) is 0 Å². The zero-order chi connectivity index (χ0) is 22.6. The molecule has 0 fully saturated rings. The molecule has 3 heteroatoms. The van der Waals surface area contributed by atoms with E-state index < -0.39 is 6.85 Å². The summed E-state index contributed by atoms with van der Waals surface area (Å²) in [5.41, 5.74) is 7.75. The molecule has 0 bridgehead atoms. The highest BCUT2D eigenvalue weighted by Crippen LogP contribution is 2.39. The maximum Gasteiger partial charge on any atom is 0.227 e. The van der Waals surface area contributed by atoms with Gasteiger partial charge in [0.05, 0.1) is 11.1 Å². The summed E-state index contributed by atoms with van der Waals surface area (Å²) in [4.78, 5) is 4.59. The van der Waals surface area contributed by atoms with Crippen molar-refractivity contribution in [2.24, 2.45) is 7.05 Å². The molecule has 0 aliphatic rings. The number of hydrogen-bond donors (Lipinski definition) is 0. The number of nitrogens with zero attached hydrogens (tertiary/aromatic N) is 2. The molecule has 0 saturated carbocycles. The van der Waals surface area contributed by atoms with Gasteiger partial charge in [0.1, 0.15) is 7.05 Å². The van der Waals surface area contributed by atoms with Gasteiger partial charge in [0, 0.05) is 26.6 Å². The third kappa shape index (κ3) is 2.82. The van der Waals surface area contributed by atoms with E-state index in [1.165, 1.54) is 0 Å². The molecular formula is C26H23N2O+. The first-order valence-corrected chi connectivity index (χ1v) is 9.63. The number of rotatable bonds is 2. The van der Waals surface area contributed by atoms with Gasteiger partial charge in [-0.05, 0) is 50.0 Å². The quantitative estimate of drug-likeness (QED) is 0.347. The Labute approximate surface area is 174 Å². The van der Waals surface area contributed by atoms with Gasteiger partial charge in [-0.3, -0.25) is 0 Å². The van der Waals surface area contributed by atoms with Crippen molar-refractivity contribution in [3.05, 3.63) is 83.7 Å². The summed E-state index contributed by atoms with van der Waals surface area (Å²) >= 11 is 0. The van der Waals surface area contributed by atoms with Crippen LogP contribution in [0.25, 0.3) is 44.5 Å². The maximum atomic E-state index is 7.66. The van der Waals surface area contributed by atoms with Crippen molar-refractivity contribution in [3.8, 4) is 22.4 Å². The van der Waals surface area contributed by atoms with Crippen LogP contribution in [0.4, 0.5) is 0 Å². The smallest absolute Gasteiger partial charge is 0.227 e. The molecule has 0 atom stereocenters. The Morgan fingerprint density at radius 1 is 0.931 bits per heavy atom. The van der Waals surface area contributed by atoms with Gasteiger partial charge in [0.2, 0.25) is 11.4 Å². The molecule has 0 N–H and O–H groups in total. The van der Waals surface area contributed by atoms with Crippen LogP contribution in [-0.2, 0) is 7.05 Å². The Morgan fingerprint density at radius 3 is 2.52 bits per heavy atom. The first kappa shape index (κ1) is 14.5. The molecule has 5 aromatic rings. The second kappa shape index (κ2) is 6.56. The van der Waals surface area contributed by atoms with Gasteiger partial charge >= 0.3 is 0 Å². The SMILES string of the molecule is [2H]C([2H])([2H])c1ccc(-c2ccc[n+](C)c2-c2c(C)ccc3c2oc2nc(C)ccc23)cc1. The average molecular weight is 383 g/mol. The van der Waals surface area contributed by atoms with Gasteiger partial charge in [-0.1, -0.05) is 42.0 Å². The average Bonchev–Trinajstić information content (AvgIpc) is 3.11. The molecule has 0 amide bonds. The van der Waals surface area contributed by atoms with Crippen molar-refractivity contribution < 1.29 is 13.1 Å². The Bertz CT molecular complexity index is 1480. The summed E-state index contributed by atoms with van der Waals surface area (Å²) in [7, 11) is 2.01. The van der Waals surface area contributed by atoms with E-state index in [4.69, 9.17) is 8.53 Å². The van der Waals surface area contributed by atoms with E-state index in [2.05, 4.69) is 40.7 Å². The third-order valence-corrected chi connectivity index (χ3v) is 5.47. The minimum Gasteiger partial charge on any atom is -0.437 e. The molecule has 0 unspecified atom stereocenters. The van der Waals surface area contributed by atoms with Gasteiger partial charge < -0.3 is 4.42 Å². The van der Waals surface area contributed by atoms with E-state index >= 15 is 0 Å².